The highest BCUT2D eigenvalue weighted by Crippen LogP contribution is 2.40. The predicted octanol–water partition coefficient (Wildman–Crippen LogP) is 4.85. The maximum atomic E-state index is 13.3. The SMILES string of the molecule is CCNC(=O)Nc1cc(-c2nc(C(F)(F)F)cs2)c(-c2cc(C(=O)O)cnc2OCCN(CC)CC)cn1. The summed E-state index contributed by atoms with van der Waals surface area (Å²) in [5.74, 6) is -1.10. The summed E-state index contributed by atoms with van der Waals surface area (Å²) in [6.07, 6.45) is -2.21. The fourth-order valence-electron chi connectivity index (χ4n) is 3.45. The number of hydrogen-bond donors (Lipinski definition) is 3. The van der Waals surface area contributed by atoms with Crippen LogP contribution >= 0.6 is 11.3 Å². The first-order valence-electron chi connectivity index (χ1n) is 11.7. The first kappa shape index (κ1) is 28.8. The first-order valence-corrected chi connectivity index (χ1v) is 12.6. The molecule has 0 unspecified atom stereocenters. The molecule has 3 aromatic heterocycles. The van der Waals surface area contributed by atoms with Crippen molar-refractivity contribution >= 4 is 29.2 Å². The van der Waals surface area contributed by atoms with Gasteiger partial charge < -0.3 is 20.1 Å². The second kappa shape index (κ2) is 12.6. The Morgan fingerprint density at radius 2 is 1.82 bits per heavy atom. The molecule has 0 spiro atoms. The fraction of sp³-hybridized carbons (Fsp3) is 0.375. The number of alkyl halides is 3. The van der Waals surface area contributed by atoms with Gasteiger partial charge in [-0.1, -0.05) is 13.8 Å². The van der Waals surface area contributed by atoms with Gasteiger partial charge in [0.05, 0.1) is 5.56 Å². The largest absolute Gasteiger partial charge is 0.478 e. The molecule has 38 heavy (non-hydrogen) atoms. The summed E-state index contributed by atoms with van der Waals surface area (Å²) in [4.78, 5) is 38.0. The van der Waals surface area contributed by atoms with E-state index in [9.17, 15) is 27.9 Å². The minimum absolute atomic E-state index is 0.0107. The lowest BCUT2D eigenvalue weighted by Crippen LogP contribution is -2.28. The molecule has 0 atom stereocenters. The van der Waals surface area contributed by atoms with Crippen molar-refractivity contribution in [3.8, 4) is 27.6 Å². The Kier molecular flexibility index (Phi) is 9.58. The predicted molar refractivity (Wildman–Crippen MR) is 137 cm³/mol. The van der Waals surface area contributed by atoms with Gasteiger partial charge in [0.15, 0.2) is 5.69 Å². The number of carboxylic acid groups (broad SMARTS) is 1. The van der Waals surface area contributed by atoms with Crippen molar-refractivity contribution in [3.63, 3.8) is 0 Å². The maximum absolute atomic E-state index is 13.3. The van der Waals surface area contributed by atoms with Crippen LogP contribution in [0.25, 0.3) is 21.7 Å². The van der Waals surface area contributed by atoms with E-state index in [2.05, 4.69) is 30.5 Å². The summed E-state index contributed by atoms with van der Waals surface area (Å²) in [5, 5.41) is 15.5. The number of aromatic carboxylic acids is 1. The Morgan fingerprint density at radius 1 is 1.08 bits per heavy atom. The van der Waals surface area contributed by atoms with Gasteiger partial charge in [0.1, 0.15) is 17.4 Å². The van der Waals surface area contributed by atoms with Crippen LogP contribution in [0, 0.1) is 0 Å². The fourth-order valence-corrected chi connectivity index (χ4v) is 4.31. The standard InChI is InChI=1S/C24H27F3N6O4S/c1-4-28-23(36)32-19-10-16(21-31-18(13-38-21)24(25,26)27)17(12-29-19)15-9-14(22(34)35)11-30-20(15)37-8-7-33(5-2)6-3/h9-13H,4-8H2,1-3H3,(H,34,35)(H2,28,29,32,36). The van der Waals surface area contributed by atoms with Gasteiger partial charge in [-0.2, -0.15) is 13.2 Å². The number of aromatic nitrogens is 3. The quantitative estimate of drug-likeness (QED) is 0.308. The van der Waals surface area contributed by atoms with Crippen LogP contribution in [0.15, 0.2) is 29.9 Å². The van der Waals surface area contributed by atoms with Gasteiger partial charge in [0.25, 0.3) is 0 Å². The highest BCUT2D eigenvalue weighted by atomic mass is 32.1. The van der Waals surface area contributed by atoms with Gasteiger partial charge in [0, 0.05) is 47.6 Å². The number of hydrogen-bond acceptors (Lipinski definition) is 8. The van der Waals surface area contributed by atoms with Gasteiger partial charge in [0.2, 0.25) is 5.88 Å². The number of urea groups is 1. The summed E-state index contributed by atoms with van der Waals surface area (Å²) < 4.78 is 45.8. The van der Waals surface area contributed by atoms with E-state index in [1.807, 2.05) is 13.8 Å². The Hall–Kier alpha value is -3.78. The zero-order valence-electron chi connectivity index (χ0n) is 20.9. The van der Waals surface area contributed by atoms with Crippen molar-refractivity contribution in [1.82, 2.24) is 25.2 Å². The minimum atomic E-state index is -4.66. The highest BCUT2D eigenvalue weighted by Gasteiger charge is 2.34. The molecule has 10 nitrogen and oxygen atoms in total. The Balaban J connectivity index is 2.13. The number of nitrogens with one attached hydrogen (secondary N) is 2. The zero-order chi connectivity index (χ0) is 27.9. The zero-order valence-corrected chi connectivity index (χ0v) is 21.7. The molecular formula is C24H27F3N6O4S. The van der Waals surface area contributed by atoms with Crippen LogP contribution in [0.1, 0.15) is 36.8 Å². The molecule has 204 valence electrons. The number of thiazole rings is 1. The third kappa shape index (κ3) is 7.16. The van der Waals surface area contributed by atoms with Gasteiger partial charge >= 0.3 is 18.2 Å². The lowest BCUT2D eigenvalue weighted by Gasteiger charge is -2.19. The van der Waals surface area contributed by atoms with Crippen LogP contribution in [0.5, 0.6) is 5.88 Å². The van der Waals surface area contributed by atoms with Crippen molar-refractivity contribution in [3.05, 3.63) is 41.2 Å². The van der Waals surface area contributed by atoms with Crippen molar-refractivity contribution in [2.24, 2.45) is 0 Å². The van der Waals surface area contributed by atoms with Gasteiger partial charge in [-0.3, -0.25) is 5.32 Å². The van der Waals surface area contributed by atoms with E-state index in [-0.39, 0.29) is 45.6 Å². The molecule has 0 aliphatic rings. The van der Waals surface area contributed by atoms with Crippen LogP contribution < -0.4 is 15.4 Å². The third-order valence-corrected chi connectivity index (χ3v) is 6.31. The van der Waals surface area contributed by atoms with Crippen molar-refractivity contribution < 1.29 is 32.6 Å². The topological polar surface area (TPSA) is 130 Å². The molecular weight excluding hydrogens is 525 g/mol. The number of carbonyl (C=O) groups excluding carboxylic acids is 1. The molecule has 3 N–H and O–H groups in total. The van der Waals surface area contributed by atoms with Crippen molar-refractivity contribution in [2.45, 2.75) is 26.9 Å². The average Bonchev–Trinajstić information content (AvgIpc) is 3.38. The number of carboxylic acids is 1. The summed E-state index contributed by atoms with van der Waals surface area (Å²) >= 11 is 0.749. The van der Waals surface area contributed by atoms with Crippen LogP contribution in [0.3, 0.4) is 0 Å². The Morgan fingerprint density at radius 3 is 2.42 bits per heavy atom. The number of nitrogens with zero attached hydrogens (tertiary/aromatic N) is 4. The molecule has 0 saturated heterocycles. The average molecular weight is 553 g/mol. The molecule has 0 aliphatic heterocycles. The molecule has 2 amide bonds. The molecule has 0 fully saturated rings. The molecule has 0 aliphatic carbocycles. The van der Waals surface area contributed by atoms with Crippen LogP contribution in [-0.2, 0) is 6.18 Å². The Labute approximate surface area is 220 Å². The van der Waals surface area contributed by atoms with E-state index in [0.717, 1.165) is 36.0 Å². The molecule has 3 rings (SSSR count). The number of likely N-dealkylation sites (N-methyl/N-ethyl adjacent to an activating group) is 1. The molecule has 0 radical (unpaired) electrons. The molecule has 0 aromatic carbocycles. The normalized spacial score (nSPS) is 11.4. The Bertz CT molecular complexity index is 1280. The van der Waals surface area contributed by atoms with Crippen molar-refractivity contribution in [2.75, 3.05) is 38.1 Å². The number of anilines is 1. The monoisotopic (exact) mass is 552 g/mol. The summed E-state index contributed by atoms with van der Waals surface area (Å²) in [6, 6.07) is 2.14. The van der Waals surface area contributed by atoms with Crippen LogP contribution in [-0.4, -0.2) is 69.7 Å². The van der Waals surface area contributed by atoms with E-state index in [0.29, 0.717) is 13.1 Å². The van der Waals surface area contributed by atoms with Gasteiger partial charge in [-0.05, 0) is 32.1 Å². The van der Waals surface area contributed by atoms with Gasteiger partial charge in [-0.25, -0.2) is 24.5 Å². The molecule has 3 heterocycles. The van der Waals surface area contributed by atoms with E-state index in [4.69, 9.17) is 4.74 Å². The summed E-state index contributed by atoms with van der Waals surface area (Å²) in [6.45, 7) is 8.51. The molecule has 0 bridgehead atoms. The van der Waals surface area contributed by atoms with Gasteiger partial charge in [-0.15, -0.1) is 11.3 Å². The number of ether oxygens (including phenoxy) is 1. The number of rotatable bonds is 11. The maximum Gasteiger partial charge on any atom is 0.434 e. The number of pyridine rings is 2. The van der Waals surface area contributed by atoms with Crippen molar-refractivity contribution in [1.29, 1.82) is 0 Å². The highest BCUT2D eigenvalue weighted by molar-refractivity contribution is 7.13. The lowest BCUT2D eigenvalue weighted by molar-refractivity contribution is -0.140. The molecule has 14 heteroatoms. The van der Waals surface area contributed by atoms with Crippen LogP contribution in [0.2, 0.25) is 0 Å². The van der Waals surface area contributed by atoms with E-state index >= 15 is 0 Å². The second-order valence-electron chi connectivity index (χ2n) is 7.89. The molecule has 3 aromatic rings. The van der Waals surface area contributed by atoms with E-state index < -0.39 is 23.9 Å². The third-order valence-electron chi connectivity index (χ3n) is 5.44. The first-order chi connectivity index (χ1) is 18.1. The molecule has 0 saturated carbocycles. The van der Waals surface area contributed by atoms with Crippen LogP contribution in [0.4, 0.5) is 23.8 Å². The lowest BCUT2D eigenvalue weighted by atomic mass is 10.0. The minimum Gasteiger partial charge on any atom is -0.478 e. The van der Waals surface area contributed by atoms with E-state index in [1.54, 1.807) is 6.92 Å². The smallest absolute Gasteiger partial charge is 0.434 e. The number of amides is 2. The number of carbonyl (C=O) groups is 2. The summed E-state index contributed by atoms with van der Waals surface area (Å²) in [7, 11) is 0. The summed E-state index contributed by atoms with van der Waals surface area (Å²) in [5.41, 5.74) is -0.596. The van der Waals surface area contributed by atoms with E-state index in [1.165, 1.54) is 18.3 Å². The number of halogens is 3. The second-order valence-corrected chi connectivity index (χ2v) is 8.75.